The van der Waals surface area contributed by atoms with Crippen molar-refractivity contribution in [2.75, 3.05) is 0 Å². The summed E-state index contributed by atoms with van der Waals surface area (Å²) in [6.45, 7) is 3.98. The zero-order valence-corrected chi connectivity index (χ0v) is 11.9. The summed E-state index contributed by atoms with van der Waals surface area (Å²) in [5.74, 6) is -2.24. The second-order valence-electron chi connectivity index (χ2n) is 5.23. The molecule has 0 saturated carbocycles. The van der Waals surface area contributed by atoms with Gasteiger partial charge in [0.15, 0.2) is 11.6 Å². The minimum absolute atomic E-state index is 0.107. The molecule has 4 heteroatoms. The minimum atomic E-state index is -1.02. The second kappa shape index (κ2) is 6.48. The summed E-state index contributed by atoms with van der Waals surface area (Å²) < 4.78 is 26.1. The van der Waals surface area contributed by atoms with Crippen LogP contribution in [0.3, 0.4) is 0 Å². The summed E-state index contributed by atoms with van der Waals surface area (Å²) in [5, 5.41) is 2.87. The normalized spacial score (nSPS) is 12.2. The van der Waals surface area contributed by atoms with Crippen LogP contribution in [0.15, 0.2) is 48.5 Å². The van der Waals surface area contributed by atoms with Gasteiger partial charge in [-0.25, -0.2) is 8.78 Å². The second-order valence-corrected chi connectivity index (χ2v) is 5.23. The van der Waals surface area contributed by atoms with E-state index in [0.717, 1.165) is 17.7 Å². The molecule has 110 valence electrons. The van der Waals surface area contributed by atoms with E-state index < -0.39 is 17.5 Å². The first-order chi connectivity index (χ1) is 9.99. The number of halogens is 2. The van der Waals surface area contributed by atoms with Gasteiger partial charge in [0.05, 0.1) is 6.04 Å². The Morgan fingerprint density at radius 1 is 1.00 bits per heavy atom. The molecule has 0 fully saturated rings. The average Bonchev–Trinajstić information content (AvgIpc) is 2.48. The zero-order chi connectivity index (χ0) is 15.4. The lowest BCUT2D eigenvalue weighted by molar-refractivity contribution is 0.0925. The zero-order valence-electron chi connectivity index (χ0n) is 11.9. The number of carbonyl (C=O) groups excluding carboxylic acids is 1. The minimum Gasteiger partial charge on any atom is -0.345 e. The first-order valence-corrected chi connectivity index (χ1v) is 6.80. The quantitative estimate of drug-likeness (QED) is 0.902. The van der Waals surface area contributed by atoms with Crippen LogP contribution in [-0.4, -0.2) is 5.91 Å². The molecule has 2 aromatic rings. The molecule has 0 aliphatic rings. The van der Waals surface area contributed by atoms with Gasteiger partial charge in [-0.3, -0.25) is 4.79 Å². The predicted molar refractivity (Wildman–Crippen MR) is 77.8 cm³/mol. The lowest BCUT2D eigenvalue weighted by Crippen LogP contribution is -2.31. The Hall–Kier alpha value is -2.23. The van der Waals surface area contributed by atoms with Crippen molar-refractivity contribution in [1.29, 1.82) is 0 Å². The van der Waals surface area contributed by atoms with Gasteiger partial charge in [0.25, 0.3) is 5.91 Å². The number of hydrogen-bond acceptors (Lipinski definition) is 1. The number of amides is 1. The molecule has 2 aromatic carbocycles. The molecule has 0 spiro atoms. The standard InChI is InChI=1S/C17H17F2NO/c1-11(2)16(12-6-4-3-5-7-12)20-17(21)13-8-9-14(18)15(19)10-13/h3-11,16H,1-2H3,(H,20,21). The van der Waals surface area contributed by atoms with Gasteiger partial charge >= 0.3 is 0 Å². The highest BCUT2D eigenvalue weighted by Crippen LogP contribution is 2.22. The summed E-state index contributed by atoms with van der Waals surface area (Å²) in [5.41, 5.74) is 1.08. The molecule has 1 N–H and O–H groups in total. The van der Waals surface area contributed by atoms with Crippen LogP contribution in [0.25, 0.3) is 0 Å². The van der Waals surface area contributed by atoms with Crippen molar-refractivity contribution in [3.05, 3.63) is 71.3 Å². The molecule has 1 atom stereocenters. The Morgan fingerprint density at radius 2 is 1.67 bits per heavy atom. The van der Waals surface area contributed by atoms with Crippen LogP contribution < -0.4 is 5.32 Å². The van der Waals surface area contributed by atoms with Crippen molar-refractivity contribution in [3.63, 3.8) is 0 Å². The lowest BCUT2D eigenvalue weighted by atomic mass is 9.95. The van der Waals surface area contributed by atoms with E-state index in [1.54, 1.807) is 0 Å². The molecule has 0 aliphatic heterocycles. The van der Waals surface area contributed by atoms with Gasteiger partial charge in [-0.1, -0.05) is 44.2 Å². The van der Waals surface area contributed by atoms with Crippen molar-refractivity contribution in [2.45, 2.75) is 19.9 Å². The van der Waals surface area contributed by atoms with Crippen molar-refractivity contribution < 1.29 is 13.6 Å². The fourth-order valence-corrected chi connectivity index (χ4v) is 2.16. The maximum atomic E-state index is 13.2. The first kappa shape index (κ1) is 15.2. The third-order valence-corrected chi connectivity index (χ3v) is 3.29. The predicted octanol–water partition coefficient (Wildman–Crippen LogP) is 4.09. The largest absolute Gasteiger partial charge is 0.345 e. The molecule has 0 aromatic heterocycles. The number of benzene rings is 2. The number of rotatable bonds is 4. The molecule has 1 amide bonds. The van der Waals surface area contributed by atoms with Crippen molar-refractivity contribution >= 4 is 5.91 Å². The van der Waals surface area contributed by atoms with Gasteiger partial charge in [0.2, 0.25) is 0 Å². The topological polar surface area (TPSA) is 29.1 Å². The van der Waals surface area contributed by atoms with Crippen LogP contribution >= 0.6 is 0 Å². The molecule has 0 saturated heterocycles. The maximum absolute atomic E-state index is 13.2. The molecule has 2 nitrogen and oxygen atoms in total. The summed E-state index contributed by atoms with van der Waals surface area (Å²) in [6, 6.07) is 12.5. The summed E-state index contributed by atoms with van der Waals surface area (Å²) in [7, 11) is 0. The average molecular weight is 289 g/mol. The molecular weight excluding hydrogens is 272 g/mol. The van der Waals surface area contributed by atoms with E-state index in [9.17, 15) is 13.6 Å². The molecule has 2 rings (SSSR count). The van der Waals surface area contributed by atoms with E-state index in [2.05, 4.69) is 5.32 Å². The van der Waals surface area contributed by atoms with E-state index in [1.165, 1.54) is 6.07 Å². The summed E-state index contributed by atoms with van der Waals surface area (Å²) in [4.78, 5) is 12.2. The smallest absolute Gasteiger partial charge is 0.251 e. The highest BCUT2D eigenvalue weighted by molar-refractivity contribution is 5.94. The Labute approximate surface area is 122 Å². The first-order valence-electron chi connectivity index (χ1n) is 6.80. The van der Waals surface area contributed by atoms with Gasteiger partial charge in [-0.2, -0.15) is 0 Å². The Bertz CT molecular complexity index is 626. The monoisotopic (exact) mass is 289 g/mol. The van der Waals surface area contributed by atoms with Gasteiger partial charge in [0.1, 0.15) is 0 Å². The highest BCUT2D eigenvalue weighted by atomic mass is 19.2. The fraction of sp³-hybridized carbons (Fsp3) is 0.235. The molecule has 0 bridgehead atoms. The summed E-state index contributed by atoms with van der Waals surface area (Å²) in [6.07, 6.45) is 0. The van der Waals surface area contributed by atoms with E-state index in [-0.39, 0.29) is 17.5 Å². The third-order valence-electron chi connectivity index (χ3n) is 3.29. The Balaban J connectivity index is 2.21. The molecular formula is C17H17F2NO. The van der Waals surface area contributed by atoms with E-state index >= 15 is 0 Å². The third kappa shape index (κ3) is 3.66. The van der Waals surface area contributed by atoms with Crippen LogP contribution in [0.4, 0.5) is 8.78 Å². The van der Waals surface area contributed by atoms with Gasteiger partial charge < -0.3 is 5.32 Å². The van der Waals surface area contributed by atoms with E-state index in [0.29, 0.717) is 0 Å². The van der Waals surface area contributed by atoms with Gasteiger partial charge in [-0.15, -0.1) is 0 Å². The van der Waals surface area contributed by atoms with E-state index in [4.69, 9.17) is 0 Å². The number of nitrogens with one attached hydrogen (secondary N) is 1. The lowest BCUT2D eigenvalue weighted by Gasteiger charge is -2.23. The van der Waals surface area contributed by atoms with Crippen LogP contribution in [0.5, 0.6) is 0 Å². The molecule has 0 aliphatic carbocycles. The SMILES string of the molecule is CC(C)C(NC(=O)c1ccc(F)c(F)c1)c1ccccc1. The molecule has 21 heavy (non-hydrogen) atoms. The van der Waals surface area contributed by atoms with Crippen molar-refractivity contribution in [3.8, 4) is 0 Å². The molecule has 0 heterocycles. The van der Waals surface area contributed by atoms with Crippen LogP contribution in [0.1, 0.15) is 35.8 Å². The number of carbonyl (C=O) groups is 1. The van der Waals surface area contributed by atoms with Crippen molar-refractivity contribution in [2.24, 2.45) is 5.92 Å². The van der Waals surface area contributed by atoms with Crippen molar-refractivity contribution in [1.82, 2.24) is 5.32 Å². The van der Waals surface area contributed by atoms with Crippen LogP contribution in [0.2, 0.25) is 0 Å². The van der Waals surface area contributed by atoms with Crippen LogP contribution in [0, 0.1) is 17.6 Å². The van der Waals surface area contributed by atoms with Gasteiger partial charge in [-0.05, 0) is 29.7 Å². The van der Waals surface area contributed by atoms with Crippen LogP contribution in [-0.2, 0) is 0 Å². The summed E-state index contributed by atoms with van der Waals surface area (Å²) >= 11 is 0. The number of hydrogen-bond donors (Lipinski definition) is 1. The van der Waals surface area contributed by atoms with E-state index in [1.807, 2.05) is 44.2 Å². The molecule has 1 unspecified atom stereocenters. The maximum Gasteiger partial charge on any atom is 0.251 e. The Kier molecular flexibility index (Phi) is 4.68. The Morgan fingerprint density at radius 3 is 2.24 bits per heavy atom. The highest BCUT2D eigenvalue weighted by Gasteiger charge is 2.19. The fourth-order valence-electron chi connectivity index (χ4n) is 2.16. The molecule has 0 radical (unpaired) electrons. The van der Waals surface area contributed by atoms with Gasteiger partial charge in [0, 0.05) is 5.56 Å².